The molecule has 0 aliphatic heterocycles. The molecule has 0 fully saturated rings. The van der Waals surface area contributed by atoms with E-state index in [0.29, 0.717) is 16.1 Å². The van der Waals surface area contributed by atoms with Crippen molar-refractivity contribution in [2.45, 2.75) is 31.8 Å². The van der Waals surface area contributed by atoms with Gasteiger partial charge in [0.05, 0.1) is 0 Å². The third-order valence-corrected chi connectivity index (χ3v) is 4.30. The molecule has 2 aromatic rings. The fourth-order valence-electron chi connectivity index (χ4n) is 2.85. The molecule has 0 saturated heterocycles. The first kappa shape index (κ1) is 13.9. The number of benzene rings is 2. The monoisotopic (exact) mass is 305 g/mol. The lowest BCUT2D eigenvalue weighted by Crippen LogP contribution is -2.34. The molecule has 3 rings (SSSR count). The van der Waals surface area contributed by atoms with Gasteiger partial charge in [0.15, 0.2) is 0 Å². The fourth-order valence-corrected chi connectivity index (χ4v) is 3.42. The van der Waals surface area contributed by atoms with E-state index in [9.17, 15) is 0 Å². The first-order valence-corrected chi connectivity index (χ1v) is 7.71. The average Bonchev–Trinajstić information content (AvgIpc) is 2.44. The van der Waals surface area contributed by atoms with Crippen LogP contribution in [0.2, 0.25) is 10.0 Å². The largest absolute Gasteiger partial charge is 0.310 e. The molecular formula is C17H17Cl2N. The lowest BCUT2D eigenvalue weighted by atomic mass is 9.88. The normalized spacial score (nSPS) is 17.8. The Bertz CT molecular complexity index is 589. The van der Waals surface area contributed by atoms with Crippen molar-refractivity contribution in [1.29, 1.82) is 0 Å². The van der Waals surface area contributed by atoms with Gasteiger partial charge >= 0.3 is 0 Å². The van der Waals surface area contributed by atoms with Gasteiger partial charge in [0, 0.05) is 22.6 Å². The second kappa shape index (κ2) is 6.17. The molecule has 0 radical (unpaired) electrons. The second-order valence-electron chi connectivity index (χ2n) is 5.37. The van der Waals surface area contributed by atoms with Crippen molar-refractivity contribution in [3.05, 3.63) is 69.2 Å². The highest BCUT2D eigenvalue weighted by Gasteiger charge is 2.17. The molecule has 3 heteroatoms. The molecule has 1 aliphatic carbocycles. The first-order valence-electron chi connectivity index (χ1n) is 6.96. The maximum Gasteiger partial charge on any atom is 0.0424 e. The van der Waals surface area contributed by atoms with Crippen molar-refractivity contribution < 1.29 is 0 Å². The average molecular weight is 306 g/mol. The smallest absolute Gasteiger partial charge is 0.0424 e. The second-order valence-corrected chi connectivity index (χ2v) is 6.24. The van der Waals surface area contributed by atoms with Crippen LogP contribution in [0.1, 0.15) is 23.1 Å². The SMILES string of the molecule is Clc1cc(Cl)cc(CNC2CCc3ccccc3C2)c1. The summed E-state index contributed by atoms with van der Waals surface area (Å²) < 4.78 is 0. The summed E-state index contributed by atoms with van der Waals surface area (Å²) in [5.41, 5.74) is 4.11. The third kappa shape index (κ3) is 3.35. The van der Waals surface area contributed by atoms with Crippen molar-refractivity contribution in [1.82, 2.24) is 5.32 Å². The van der Waals surface area contributed by atoms with E-state index in [1.807, 2.05) is 12.1 Å². The molecule has 0 saturated carbocycles. The van der Waals surface area contributed by atoms with Crippen molar-refractivity contribution in [3.63, 3.8) is 0 Å². The van der Waals surface area contributed by atoms with Gasteiger partial charge < -0.3 is 5.32 Å². The van der Waals surface area contributed by atoms with E-state index in [2.05, 4.69) is 29.6 Å². The molecule has 0 spiro atoms. The van der Waals surface area contributed by atoms with Gasteiger partial charge in [-0.2, -0.15) is 0 Å². The van der Waals surface area contributed by atoms with Gasteiger partial charge in [-0.3, -0.25) is 0 Å². The summed E-state index contributed by atoms with van der Waals surface area (Å²) in [6.45, 7) is 0.813. The highest BCUT2D eigenvalue weighted by molar-refractivity contribution is 6.34. The summed E-state index contributed by atoms with van der Waals surface area (Å²) in [7, 11) is 0. The Morgan fingerprint density at radius 1 is 1.00 bits per heavy atom. The van der Waals surface area contributed by atoms with Gasteiger partial charge in [-0.25, -0.2) is 0 Å². The van der Waals surface area contributed by atoms with Crippen molar-refractivity contribution in [2.75, 3.05) is 0 Å². The Labute approximate surface area is 129 Å². The Morgan fingerprint density at radius 3 is 2.45 bits per heavy atom. The molecule has 1 N–H and O–H groups in total. The number of fused-ring (bicyclic) bond motifs is 1. The van der Waals surface area contributed by atoms with E-state index >= 15 is 0 Å². The van der Waals surface area contributed by atoms with E-state index in [1.54, 1.807) is 6.07 Å². The van der Waals surface area contributed by atoms with Gasteiger partial charge in [0.1, 0.15) is 0 Å². The van der Waals surface area contributed by atoms with Gasteiger partial charge in [-0.1, -0.05) is 47.5 Å². The lowest BCUT2D eigenvalue weighted by Gasteiger charge is -2.25. The van der Waals surface area contributed by atoms with E-state index in [1.165, 1.54) is 17.5 Å². The van der Waals surface area contributed by atoms with Crippen molar-refractivity contribution in [2.24, 2.45) is 0 Å². The number of rotatable bonds is 3. The summed E-state index contributed by atoms with van der Waals surface area (Å²) in [4.78, 5) is 0. The van der Waals surface area contributed by atoms with Crippen LogP contribution in [0.15, 0.2) is 42.5 Å². The van der Waals surface area contributed by atoms with Crippen LogP contribution in [-0.4, -0.2) is 6.04 Å². The predicted octanol–water partition coefficient (Wildman–Crippen LogP) is 4.64. The van der Waals surface area contributed by atoms with Gasteiger partial charge in [-0.05, 0) is 54.2 Å². The van der Waals surface area contributed by atoms with Crippen LogP contribution >= 0.6 is 23.2 Å². The van der Waals surface area contributed by atoms with Crippen LogP contribution in [0.4, 0.5) is 0 Å². The zero-order chi connectivity index (χ0) is 13.9. The van der Waals surface area contributed by atoms with Crippen molar-refractivity contribution >= 4 is 23.2 Å². The molecule has 1 unspecified atom stereocenters. The van der Waals surface area contributed by atoms with Gasteiger partial charge in [0.2, 0.25) is 0 Å². The Hall–Kier alpha value is -1.02. The number of aryl methyl sites for hydroxylation is 1. The van der Waals surface area contributed by atoms with E-state index in [0.717, 1.165) is 24.9 Å². The zero-order valence-electron chi connectivity index (χ0n) is 11.2. The Morgan fingerprint density at radius 2 is 1.70 bits per heavy atom. The predicted molar refractivity (Wildman–Crippen MR) is 85.6 cm³/mol. The maximum absolute atomic E-state index is 6.03. The minimum absolute atomic E-state index is 0.530. The molecule has 1 aliphatic rings. The topological polar surface area (TPSA) is 12.0 Å². The standard InChI is InChI=1S/C17H17Cl2N/c18-15-7-12(8-16(19)10-15)11-20-17-6-5-13-3-1-2-4-14(13)9-17/h1-4,7-8,10,17,20H,5-6,9,11H2. The van der Waals surface area contributed by atoms with Gasteiger partial charge in [0.25, 0.3) is 0 Å². The maximum atomic E-state index is 6.03. The molecule has 2 aromatic carbocycles. The lowest BCUT2D eigenvalue weighted by molar-refractivity contribution is 0.457. The van der Waals surface area contributed by atoms with E-state index in [-0.39, 0.29) is 0 Å². The molecule has 0 heterocycles. The summed E-state index contributed by atoms with van der Waals surface area (Å²) in [5.74, 6) is 0. The number of nitrogens with one attached hydrogen (secondary N) is 1. The summed E-state index contributed by atoms with van der Waals surface area (Å²) in [6, 6.07) is 15.0. The third-order valence-electron chi connectivity index (χ3n) is 3.86. The minimum Gasteiger partial charge on any atom is -0.310 e. The quantitative estimate of drug-likeness (QED) is 0.871. The molecule has 1 nitrogen and oxygen atoms in total. The Balaban J connectivity index is 1.62. The van der Waals surface area contributed by atoms with Gasteiger partial charge in [-0.15, -0.1) is 0 Å². The molecular weight excluding hydrogens is 289 g/mol. The highest BCUT2D eigenvalue weighted by atomic mass is 35.5. The molecule has 0 amide bonds. The minimum atomic E-state index is 0.530. The first-order chi connectivity index (χ1) is 9.70. The Kier molecular flexibility index (Phi) is 4.30. The molecule has 20 heavy (non-hydrogen) atoms. The van der Waals surface area contributed by atoms with Crippen LogP contribution in [0.25, 0.3) is 0 Å². The summed E-state index contributed by atoms with van der Waals surface area (Å²) >= 11 is 12.1. The number of hydrogen-bond donors (Lipinski definition) is 1. The van der Waals surface area contributed by atoms with Crippen LogP contribution in [0.3, 0.4) is 0 Å². The van der Waals surface area contributed by atoms with Crippen LogP contribution in [-0.2, 0) is 19.4 Å². The molecule has 0 bridgehead atoms. The molecule has 1 atom stereocenters. The number of hydrogen-bond acceptors (Lipinski definition) is 1. The highest BCUT2D eigenvalue weighted by Crippen LogP contribution is 2.22. The van der Waals surface area contributed by atoms with Crippen molar-refractivity contribution in [3.8, 4) is 0 Å². The summed E-state index contributed by atoms with van der Waals surface area (Å²) in [5, 5.41) is 5.01. The number of halogens is 2. The molecule has 0 aromatic heterocycles. The zero-order valence-corrected chi connectivity index (χ0v) is 12.7. The fraction of sp³-hybridized carbons (Fsp3) is 0.294. The van der Waals surface area contributed by atoms with Crippen LogP contribution in [0, 0.1) is 0 Å². The van der Waals surface area contributed by atoms with E-state index in [4.69, 9.17) is 23.2 Å². The van der Waals surface area contributed by atoms with Crippen LogP contribution in [0.5, 0.6) is 0 Å². The van der Waals surface area contributed by atoms with E-state index < -0.39 is 0 Å². The van der Waals surface area contributed by atoms with Crippen LogP contribution < -0.4 is 5.32 Å². The summed E-state index contributed by atoms with van der Waals surface area (Å²) in [6.07, 6.45) is 3.44. The molecule has 104 valence electrons.